The lowest BCUT2D eigenvalue weighted by Gasteiger charge is -2.31. The van der Waals surface area contributed by atoms with E-state index in [1.165, 1.54) is 24.5 Å². The Morgan fingerprint density at radius 2 is 1.09 bits per heavy atom. The zero-order valence-electron chi connectivity index (χ0n) is 42.7. The molecule has 0 atom stereocenters. The quantitative estimate of drug-likeness (QED) is 0.0288. The third-order valence-corrected chi connectivity index (χ3v) is 9.89. The number of esters is 2. The summed E-state index contributed by atoms with van der Waals surface area (Å²) in [4.78, 5) is 41.0. The van der Waals surface area contributed by atoms with Gasteiger partial charge >= 0.3 is 11.9 Å². The number of amides is 1. The molecule has 0 saturated carbocycles. The minimum Gasteiger partial charge on any atom is -0.463 e. The molecular formula is C55H71F4N5O6. The smallest absolute Gasteiger partial charge is 0.331 e. The van der Waals surface area contributed by atoms with Gasteiger partial charge in [-0.1, -0.05) is 73.6 Å². The molecule has 4 rings (SSSR count). The minimum atomic E-state index is -0.883. The van der Waals surface area contributed by atoms with Gasteiger partial charge in [-0.2, -0.15) is 0 Å². The highest BCUT2D eigenvalue weighted by Crippen LogP contribution is 2.32. The van der Waals surface area contributed by atoms with Crippen LogP contribution in [0.5, 0.6) is 5.75 Å². The Kier molecular flexibility index (Phi) is 25.4. The predicted octanol–water partition coefficient (Wildman–Crippen LogP) is 12.4. The standard InChI is InChI=1S/C28H36F2N2O3.C20H32N2O2.C7H3F2NO/c1-7-35-28(34)12-20(6)21-9-11-26(32(16-18(2)3)17-19(4)5)25(13-21)31-27(33)14-22-8-10-23(29)15-24(22)30;1-7-24-20(23)10-16(6)17-8-9-19(18(21)11-17)22(12-14(2)3)13-15(4)5;8-5-1-2-7(11-4-10)6(9)3-5/h8-13,15,18-19H,7,14,16-17H2,1-6H3,(H,31,33);8-11,14-15H,7,12-13,21H2,1-6H3;1-3H/b20-12+;16-10+;. The van der Waals surface area contributed by atoms with Crippen LogP contribution in [0.3, 0.4) is 0 Å². The highest BCUT2D eigenvalue weighted by atomic mass is 19.1. The first-order valence-corrected chi connectivity index (χ1v) is 23.5. The molecule has 11 nitrogen and oxygen atoms in total. The van der Waals surface area contributed by atoms with Crippen molar-refractivity contribution in [2.24, 2.45) is 23.7 Å². The predicted molar refractivity (Wildman–Crippen MR) is 273 cm³/mol. The van der Waals surface area contributed by atoms with Crippen molar-refractivity contribution in [3.05, 3.63) is 125 Å². The summed E-state index contributed by atoms with van der Waals surface area (Å²) >= 11 is 0. The first kappa shape index (κ1) is 59.3. The number of nitrogens with two attached hydrogens (primary N) is 1. The summed E-state index contributed by atoms with van der Waals surface area (Å²) in [5, 5.41) is 10.9. The fraction of sp³-hybridized carbons (Fsp3) is 0.418. The molecule has 0 bridgehead atoms. The summed E-state index contributed by atoms with van der Waals surface area (Å²) in [7, 11) is 0. The number of anilines is 4. The molecule has 0 aliphatic carbocycles. The molecule has 70 heavy (non-hydrogen) atoms. The second kappa shape index (κ2) is 29.9. The molecule has 3 N–H and O–H groups in total. The summed E-state index contributed by atoms with van der Waals surface area (Å²) in [6.07, 6.45) is 3.97. The zero-order chi connectivity index (χ0) is 52.7. The Balaban J connectivity index is 0.000000411. The number of halogens is 4. The molecule has 0 spiro atoms. The summed E-state index contributed by atoms with van der Waals surface area (Å²) in [5.41, 5.74) is 12.9. The normalized spacial score (nSPS) is 11.3. The lowest BCUT2D eigenvalue weighted by Crippen LogP contribution is -2.32. The molecule has 0 saturated heterocycles. The number of carbonyl (C=O) groups excluding carboxylic acids is 3. The van der Waals surface area contributed by atoms with E-state index in [1.54, 1.807) is 20.8 Å². The summed E-state index contributed by atoms with van der Waals surface area (Å²) in [5.74, 6) is -2.59. The number of nitrogens with zero attached hydrogens (tertiary/aromatic N) is 3. The SMILES string of the molecule is CCOC(=O)/C=C(\C)c1ccc(N(CC(C)C)CC(C)C)c(N)c1.CCOC(=O)/C=C(\C)c1ccc(N(CC(C)C)CC(C)C)c(NC(=O)Cc2ccc(F)cc2F)c1.N#COc1ccc(F)cc1F. The van der Waals surface area contributed by atoms with Gasteiger partial charge in [0.15, 0.2) is 11.6 Å². The number of ether oxygens (including phenoxy) is 3. The Hall–Kier alpha value is -6.82. The van der Waals surface area contributed by atoms with Crippen LogP contribution in [-0.4, -0.2) is 57.2 Å². The second-order valence-electron chi connectivity index (χ2n) is 18.3. The second-order valence-corrected chi connectivity index (χ2v) is 18.3. The number of hydrogen-bond donors (Lipinski definition) is 2. The van der Waals surface area contributed by atoms with Crippen LogP contribution in [0.2, 0.25) is 0 Å². The molecule has 0 fully saturated rings. The van der Waals surface area contributed by atoms with Crippen molar-refractivity contribution >= 4 is 51.7 Å². The van der Waals surface area contributed by atoms with E-state index < -0.39 is 35.1 Å². The molecule has 0 unspecified atom stereocenters. The number of nitrogen functional groups attached to an aromatic ring is 1. The number of nitriles is 1. The van der Waals surface area contributed by atoms with Crippen molar-refractivity contribution in [2.45, 2.75) is 89.5 Å². The lowest BCUT2D eigenvalue weighted by molar-refractivity contribution is -0.138. The zero-order valence-corrected chi connectivity index (χ0v) is 42.7. The maximum Gasteiger partial charge on any atom is 0.331 e. The van der Waals surface area contributed by atoms with Crippen molar-refractivity contribution < 1.29 is 46.2 Å². The van der Waals surface area contributed by atoms with Gasteiger partial charge in [0.1, 0.15) is 17.5 Å². The molecule has 0 radical (unpaired) electrons. The van der Waals surface area contributed by atoms with Gasteiger partial charge in [0.2, 0.25) is 5.91 Å². The van der Waals surface area contributed by atoms with Crippen LogP contribution in [-0.2, 0) is 30.3 Å². The summed E-state index contributed by atoms with van der Waals surface area (Å²) in [6.45, 7) is 28.8. The van der Waals surface area contributed by atoms with Gasteiger partial charge in [0.05, 0.1) is 42.4 Å². The summed E-state index contributed by atoms with van der Waals surface area (Å²) < 4.78 is 66.2. The maximum absolute atomic E-state index is 14.1. The third kappa shape index (κ3) is 21.2. The third-order valence-electron chi connectivity index (χ3n) is 9.89. The van der Waals surface area contributed by atoms with Gasteiger partial charge in [-0.15, -0.1) is 5.26 Å². The monoisotopic (exact) mass is 974 g/mol. The Bertz CT molecular complexity index is 2430. The van der Waals surface area contributed by atoms with E-state index in [-0.39, 0.29) is 30.3 Å². The van der Waals surface area contributed by atoms with Gasteiger partial charge in [0.25, 0.3) is 6.26 Å². The van der Waals surface area contributed by atoms with Crippen LogP contribution >= 0.6 is 0 Å². The van der Waals surface area contributed by atoms with E-state index in [9.17, 15) is 31.9 Å². The van der Waals surface area contributed by atoms with Crippen LogP contribution in [0.15, 0.2) is 84.9 Å². The van der Waals surface area contributed by atoms with Crippen molar-refractivity contribution in [3.63, 3.8) is 0 Å². The number of hydrogen-bond acceptors (Lipinski definition) is 10. The molecule has 1 amide bonds. The van der Waals surface area contributed by atoms with Crippen LogP contribution in [0.25, 0.3) is 11.1 Å². The number of benzene rings is 4. The fourth-order valence-corrected chi connectivity index (χ4v) is 7.08. The fourth-order valence-electron chi connectivity index (χ4n) is 7.08. The molecule has 0 aromatic heterocycles. The molecule has 0 aliphatic heterocycles. The number of carbonyl (C=O) groups is 3. The van der Waals surface area contributed by atoms with Crippen LogP contribution < -0.4 is 25.6 Å². The van der Waals surface area contributed by atoms with Crippen LogP contribution in [0.1, 0.15) is 99.8 Å². The molecule has 0 aliphatic rings. The Morgan fingerprint density at radius 1 is 0.643 bits per heavy atom. The first-order chi connectivity index (χ1) is 33.0. The van der Waals surface area contributed by atoms with Gasteiger partial charge in [-0.3, -0.25) is 4.79 Å². The topological polar surface area (TPSA) is 147 Å². The van der Waals surface area contributed by atoms with Crippen molar-refractivity contribution in [3.8, 4) is 12.0 Å². The van der Waals surface area contributed by atoms with Crippen molar-refractivity contribution in [2.75, 3.05) is 60.2 Å². The molecule has 4 aromatic rings. The highest BCUT2D eigenvalue weighted by Gasteiger charge is 2.19. The van der Waals surface area contributed by atoms with E-state index in [0.29, 0.717) is 47.6 Å². The number of nitrogens with one attached hydrogen (secondary N) is 1. The van der Waals surface area contributed by atoms with E-state index in [0.717, 1.165) is 84.2 Å². The van der Waals surface area contributed by atoms with E-state index >= 15 is 0 Å². The average Bonchev–Trinajstić information content (AvgIpc) is 3.25. The summed E-state index contributed by atoms with van der Waals surface area (Å²) in [6, 6.07) is 17.5. The minimum absolute atomic E-state index is 0.112. The molecule has 0 heterocycles. The Morgan fingerprint density at radius 3 is 1.51 bits per heavy atom. The van der Waals surface area contributed by atoms with Crippen molar-refractivity contribution in [1.82, 2.24) is 0 Å². The average molecular weight is 974 g/mol. The van der Waals surface area contributed by atoms with E-state index in [4.69, 9.17) is 20.5 Å². The van der Waals surface area contributed by atoms with Gasteiger partial charge in [-0.05, 0) is 122 Å². The highest BCUT2D eigenvalue weighted by molar-refractivity contribution is 5.97. The lowest BCUT2D eigenvalue weighted by atomic mass is 10.0. The van der Waals surface area contributed by atoms with E-state index in [1.807, 2.05) is 37.3 Å². The van der Waals surface area contributed by atoms with Crippen LogP contribution in [0, 0.1) is 58.5 Å². The number of rotatable bonds is 20. The first-order valence-electron chi connectivity index (χ1n) is 23.5. The van der Waals surface area contributed by atoms with Gasteiger partial charge in [0, 0.05) is 50.5 Å². The number of allylic oxidation sites excluding steroid dienone is 2. The molecule has 15 heteroatoms. The van der Waals surface area contributed by atoms with Gasteiger partial charge in [-0.25, -0.2) is 27.2 Å². The molecule has 4 aromatic carbocycles. The van der Waals surface area contributed by atoms with Gasteiger partial charge < -0.3 is 35.1 Å². The molecule has 380 valence electrons. The molecular weight excluding hydrogens is 903 g/mol. The van der Waals surface area contributed by atoms with Crippen molar-refractivity contribution in [1.29, 1.82) is 5.26 Å². The van der Waals surface area contributed by atoms with Crippen LogP contribution in [0.4, 0.5) is 40.3 Å². The Labute approximate surface area is 412 Å². The largest absolute Gasteiger partial charge is 0.463 e. The van der Waals surface area contributed by atoms with E-state index in [2.05, 4.69) is 81.3 Å². The maximum atomic E-state index is 14.1.